The van der Waals surface area contributed by atoms with Crippen LogP contribution in [0.5, 0.6) is 0 Å². The van der Waals surface area contributed by atoms with Gasteiger partial charge in [0.1, 0.15) is 5.82 Å². The summed E-state index contributed by atoms with van der Waals surface area (Å²) in [6.45, 7) is 5.35. The van der Waals surface area contributed by atoms with Gasteiger partial charge in [0.2, 0.25) is 0 Å². The zero-order valence-electron chi connectivity index (χ0n) is 13.1. The van der Waals surface area contributed by atoms with Gasteiger partial charge in [-0.3, -0.25) is 0 Å². The lowest BCUT2D eigenvalue weighted by molar-refractivity contribution is 0.657. The van der Waals surface area contributed by atoms with Crippen LogP contribution in [0.3, 0.4) is 0 Å². The van der Waals surface area contributed by atoms with Crippen molar-refractivity contribution in [2.24, 2.45) is 0 Å². The molecule has 1 aromatic rings. The van der Waals surface area contributed by atoms with Gasteiger partial charge in [-0.15, -0.1) is 0 Å². The largest absolute Gasteiger partial charge is 0.357 e. The Morgan fingerprint density at radius 1 is 1.45 bits per heavy atom. The minimum atomic E-state index is 0.532. The highest BCUT2D eigenvalue weighted by Gasteiger charge is 2.20. The monoisotopic (exact) mass is 293 g/mol. The molecule has 1 fully saturated rings. The number of hydrogen-bond acceptors (Lipinski definition) is 4. The maximum absolute atomic E-state index is 4.78. The van der Waals surface area contributed by atoms with Gasteiger partial charge in [0, 0.05) is 31.4 Å². The predicted octanol–water partition coefficient (Wildman–Crippen LogP) is 3.22. The molecule has 1 aliphatic rings. The lowest BCUT2D eigenvalue weighted by Gasteiger charge is -2.26. The van der Waals surface area contributed by atoms with Crippen LogP contribution in [-0.4, -0.2) is 36.1 Å². The van der Waals surface area contributed by atoms with Crippen LogP contribution in [-0.2, 0) is 6.54 Å². The Balaban J connectivity index is 1.95. The third-order valence-electron chi connectivity index (χ3n) is 4.10. The van der Waals surface area contributed by atoms with Gasteiger partial charge >= 0.3 is 0 Å². The zero-order chi connectivity index (χ0) is 14.5. The van der Waals surface area contributed by atoms with Gasteiger partial charge < -0.3 is 10.2 Å². The highest BCUT2D eigenvalue weighted by Crippen LogP contribution is 2.21. The Morgan fingerprint density at radius 3 is 2.80 bits per heavy atom. The molecular weight excluding hydrogens is 266 g/mol. The summed E-state index contributed by atoms with van der Waals surface area (Å²) in [5.74, 6) is 2.29. The molecular formula is C16H27N3S. The van der Waals surface area contributed by atoms with Crippen LogP contribution in [0.2, 0.25) is 0 Å². The summed E-state index contributed by atoms with van der Waals surface area (Å²) in [5.41, 5.74) is 2.48. The molecule has 1 N–H and O–H groups in total. The predicted molar refractivity (Wildman–Crippen MR) is 89.7 cm³/mol. The summed E-state index contributed by atoms with van der Waals surface area (Å²) < 4.78 is 0. The van der Waals surface area contributed by atoms with E-state index in [2.05, 4.69) is 49.5 Å². The lowest BCUT2D eigenvalue weighted by atomic mass is 10.2. The topological polar surface area (TPSA) is 28.2 Å². The smallest absolute Gasteiger partial charge is 0.128 e. The number of rotatable bonds is 8. The van der Waals surface area contributed by atoms with Gasteiger partial charge in [0.05, 0.1) is 0 Å². The summed E-state index contributed by atoms with van der Waals surface area (Å²) >= 11 is 1.91. The van der Waals surface area contributed by atoms with Crippen molar-refractivity contribution >= 4 is 17.6 Å². The molecule has 112 valence electrons. The summed E-state index contributed by atoms with van der Waals surface area (Å²) in [7, 11) is 2.15. The van der Waals surface area contributed by atoms with E-state index in [4.69, 9.17) is 4.98 Å². The molecule has 20 heavy (non-hydrogen) atoms. The van der Waals surface area contributed by atoms with E-state index in [-0.39, 0.29) is 0 Å². The van der Waals surface area contributed by atoms with Crippen molar-refractivity contribution < 1.29 is 0 Å². The van der Waals surface area contributed by atoms with Gasteiger partial charge in [-0.1, -0.05) is 6.07 Å². The Labute approximate surface area is 127 Å². The van der Waals surface area contributed by atoms with Crippen LogP contribution in [0.4, 0.5) is 5.82 Å². The second-order valence-electron chi connectivity index (χ2n) is 5.81. The number of thioether (sulfide) groups is 1. The average Bonchev–Trinajstić information content (AvgIpc) is 3.26. The first-order valence-electron chi connectivity index (χ1n) is 7.53. The van der Waals surface area contributed by atoms with Crippen LogP contribution in [0.25, 0.3) is 0 Å². The molecule has 0 radical (unpaired) electrons. The lowest BCUT2D eigenvalue weighted by Crippen LogP contribution is -2.30. The number of nitrogens with zero attached hydrogens (tertiary/aromatic N) is 2. The van der Waals surface area contributed by atoms with Crippen LogP contribution in [0.15, 0.2) is 12.1 Å². The number of nitrogens with one attached hydrogen (secondary N) is 1. The molecule has 4 heteroatoms. The average molecular weight is 293 g/mol. The normalized spacial score (nSPS) is 16.2. The SMILES string of the molecule is CSCCC(C)N(C)c1ccc(CNC2CC2)c(C)n1. The number of hydrogen-bond donors (Lipinski definition) is 1. The van der Waals surface area contributed by atoms with Crippen molar-refractivity contribution in [2.75, 3.05) is 24.0 Å². The standard InChI is InChI=1S/C16H27N3S/c1-12(9-10-20-4)19(3)16-8-5-14(13(2)18-16)11-17-15-6-7-15/h5,8,12,15,17H,6-7,9-11H2,1-4H3. The molecule has 0 bridgehead atoms. The Kier molecular flexibility index (Phi) is 5.73. The van der Waals surface area contributed by atoms with Crippen molar-refractivity contribution in [1.29, 1.82) is 0 Å². The third kappa shape index (κ3) is 4.38. The minimum Gasteiger partial charge on any atom is -0.357 e. The second-order valence-corrected chi connectivity index (χ2v) is 6.80. The van der Waals surface area contributed by atoms with Crippen LogP contribution >= 0.6 is 11.8 Å². The molecule has 0 amide bonds. The van der Waals surface area contributed by atoms with Crippen molar-refractivity contribution in [1.82, 2.24) is 10.3 Å². The molecule has 3 nitrogen and oxygen atoms in total. The van der Waals surface area contributed by atoms with E-state index in [0.29, 0.717) is 6.04 Å². The van der Waals surface area contributed by atoms with E-state index in [1.807, 2.05) is 11.8 Å². The molecule has 1 atom stereocenters. The van der Waals surface area contributed by atoms with Crippen molar-refractivity contribution in [3.63, 3.8) is 0 Å². The first kappa shape index (κ1) is 15.6. The highest BCUT2D eigenvalue weighted by atomic mass is 32.2. The van der Waals surface area contributed by atoms with E-state index < -0.39 is 0 Å². The number of pyridine rings is 1. The van der Waals surface area contributed by atoms with Gasteiger partial charge in [0.25, 0.3) is 0 Å². The Morgan fingerprint density at radius 2 is 2.20 bits per heavy atom. The maximum atomic E-state index is 4.78. The van der Waals surface area contributed by atoms with E-state index in [1.54, 1.807) is 0 Å². The van der Waals surface area contributed by atoms with Gasteiger partial charge in [-0.2, -0.15) is 11.8 Å². The fraction of sp³-hybridized carbons (Fsp3) is 0.688. The molecule has 0 spiro atoms. The van der Waals surface area contributed by atoms with Crippen LogP contribution in [0, 0.1) is 6.92 Å². The quantitative estimate of drug-likeness (QED) is 0.796. The summed E-state index contributed by atoms with van der Waals surface area (Å²) in [6, 6.07) is 5.67. The number of aromatic nitrogens is 1. The molecule has 0 saturated heterocycles. The van der Waals surface area contributed by atoms with Crippen LogP contribution < -0.4 is 10.2 Å². The molecule has 1 aliphatic carbocycles. The zero-order valence-corrected chi connectivity index (χ0v) is 14.0. The van der Waals surface area contributed by atoms with Crippen molar-refractivity contribution in [2.45, 2.75) is 51.7 Å². The van der Waals surface area contributed by atoms with Crippen molar-refractivity contribution in [3.8, 4) is 0 Å². The second kappa shape index (κ2) is 7.32. The molecule has 1 unspecified atom stereocenters. The van der Waals surface area contributed by atoms with E-state index >= 15 is 0 Å². The molecule has 0 aromatic carbocycles. The molecule has 2 rings (SSSR count). The molecule has 1 aromatic heterocycles. The molecule has 1 heterocycles. The first-order chi connectivity index (χ1) is 9.61. The fourth-order valence-electron chi connectivity index (χ4n) is 2.21. The first-order valence-corrected chi connectivity index (χ1v) is 8.93. The van der Waals surface area contributed by atoms with Gasteiger partial charge in [-0.05, 0) is 56.7 Å². The maximum Gasteiger partial charge on any atom is 0.128 e. The fourth-order valence-corrected chi connectivity index (χ4v) is 2.79. The summed E-state index contributed by atoms with van der Waals surface area (Å²) in [4.78, 5) is 7.07. The summed E-state index contributed by atoms with van der Waals surface area (Å²) in [6.07, 6.45) is 6.03. The van der Waals surface area contributed by atoms with Crippen LogP contribution in [0.1, 0.15) is 37.4 Å². The van der Waals surface area contributed by atoms with Crippen molar-refractivity contribution in [3.05, 3.63) is 23.4 Å². The molecule has 1 saturated carbocycles. The number of anilines is 1. The van der Waals surface area contributed by atoms with E-state index in [9.17, 15) is 0 Å². The Hall–Kier alpha value is -0.740. The van der Waals surface area contributed by atoms with E-state index in [0.717, 1.165) is 24.1 Å². The number of aryl methyl sites for hydroxylation is 1. The highest BCUT2D eigenvalue weighted by molar-refractivity contribution is 7.98. The summed E-state index contributed by atoms with van der Waals surface area (Å²) in [5, 5.41) is 3.56. The van der Waals surface area contributed by atoms with Gasteiger partial charge in [-0.25, -0.2) is 4.98 Å². The minimum absolute atomic E-state index is 0.532. The molecule has 0 aliphatic heterocycles. The Bertz CT molecular complexity index is 432. The van der Waals surface area contributed by atoms with Gasteiger partial charge in [0.15, 0.2) is 0 Å². The van der Waals surface area contributed by atoms with E-state index in [1.165, 1.54) is 30.6 Å². The third-order valence-corrected chi connectivity index (χ3v) is 4.75.